The van der Waals surface area contributed by atoms with Crippen molar-refractivity contribution in [3.05, 3.63) is 29.8 Å². The molecule has 168 valence electrons. The molecule has 0 spiro atoms. The van der Waals surface area contributed by atoms with Crippen LogP contribution in [0.4, 0.5) is 0 Å². The average molecular weight is 433 g/mol. The fourth-order valence-corrected chi connectivity index (χ4v) is 7.61. The molecule has 0 aromatic heterocycles. The zero-order valence-corrected chi connectivity index (χ0v) is 19.5. The summed E-state index contributed by atoms with van der Waals surface area (Å²) in [7, 11) is -3.50. The minimum absolute atomic E-state index is 0.0730. The molecule has 5 heteroatoms. The van der Waals surface area contributed by atoms with Gasteiger partial charge in [-0.1, -0.05) is 56.2 Å². The van der Waals surface area contributed by atoms with Crippen LogP contribution in [0, 0.1) is 18.8 Å². The quantitative estimate of drug-likeness (QED) is 0.666. The van der Waals surface area contributed by atoms with Gasteiger partial charge in [-0.2, -0.15) is 0 Å². The lowest BCUT2D eigenvalue weighted by Gasteiger charge is -2.47. The molecule has 1 aliphatic heterocycles. The molecule has 3 atom stereocenters. The number of nitrogens with zero attached hydrogens (tertiary/aromatic N) is 1. The SMILES string of the molecule is Cc1ccc(S(=O)(=O)NC(C2CCCCC2)C2CCCCC2N2CCCCC2)cc1. The van der Waals surface area contributed by atoms with E-state index in [1.807, 2.05) is 19.1 Å². The average Bonchev–Trinajstić information content (AvgIpc) is 2.79. The van der Waals surface area contributed by atoms with Crippen molar-refractivity contribution in [1.82, 2.24) is 9.62 Å². The van der Waals surface area contributed by atoms with E-state index in [9.17, 15) is 8.42 Å². The summed E-state index contributed by atoms with van der Waals surface area (Å²) in [5.74, 6) is 0.925. The minimum atomic E-state index is -3.50. The molecule has 3 unspecified atom stereocenters. The van der Waals surface area contributed by atoms with Gasteiger partial charge in [0.15, 0.2) is 0 Å². The zero-order chi connectivity index (χ0) is 21.0. The summed E-state index contributed by atoms with van der Waals surface area (Å²) in [5.41, 5.74) is 1.09. The summed E-state index contributed by atoms with van der Waals surface area (Å²) < 4.78 is 30.1. The molecular formula is C25H40N2O2S. The van der Waals surface area contributed by atoms with E-state index in [4.69, 9.17) is 0 Å². The molecule has 4 rings (SSSR count). The van der Waals surface area contributed by atoms with Crippen LogP contribution >= 0.6 is 0 Å². The van der Waals surface area contributed by atoms with Gasteiger partial charge in [-0.05, 0) is 82.5 Å². The van der Waals surface area contributed by atoms with Crippen molar-refractivity contribution < 1.29 is 8.42 Å². The molecule has 1 heterocycles. The van der Waals surface area contributed by atoms with Gasteiger partial charge in [-0.3, -0.25) is 0 Å². The highest BCUT2D eigenvalue weighted by molar-refractivity contribution is 7.89. The van der Waals surface area contributed by atoms with E-state index >= 15 is 0 Å². The second kappa shape index (κ2) is 10.1. The molecule has 1 saturated heterocycles. The predicted molar refractivity (Wildman–Crippen MR) is 123 cm³/mol. The first-order chi connectivity index (χ1) is 14.5. The highest BCUT2D eigenvalue weighted by Gasteiger charge is 2.41. The number of rotatable bonds is 6. The van der Waals surface area contributed by atoms with E-state index in [-0.39, 0.29) is 6.04 Å². The Labute approximate surface area is 183 Å². The molecule has 2 saturated carbocycles. The van der Waals surface area contributed by atoms with Crippen LogP contribution in [-0.2, 0) is 10.0 Å². The molecule has 1 aromatic carbocycles. The van der Waals surface area contributed by atoms with Crippen molar-refractivity contribution in [2.24, 2.45) is 11.8 Å². The Bertz CT molecular complexity index is 765. The van der Waals surface area contributed by atoms with Crippen molar-refractivity contribution >= 4 is 10.0 Å². The van der Waals surface area contributed by atoms with E-state index < -0.39 is 10.0 Å². The molecule has 3 aliphatic rings. The summed E-state index contributed by atoms with van der Waals surface area (Å²) in [6.45, 7) is 4.40. The summed E-state index contributed by atoms with van der Waals surface area (Å²) >= 11 is 0. The first-order valence-corrected chi connectivity index (χ1v) is 13.9. The Morgan fingerprint density at radius 1 is 0.833 bits per heavy atom. The molecular weight excluding hydrogens is 392 g/mol. The minimum Gasteiger partial charge on any atom is -0.300 e. The monoisotopic (exact) mass is 432 g/mol. The molecule has 30 heavy (non-hydrogen) atoms. The van der Waals surface area contributed by atoms with Crippen LogP contribution in [0.3, 0.4) is 0 Å². The summed E-state index contributed by atoms with van der Waals surface area (Å²) in [6, 6.07) is 7.95. The number of nitrogens with one attached hydrogen (secondary N) is 1. The number of benzene rings is 1. The van der Waals surface area contributed by atoms with Crippen molar-refractivity contribution in [3.8, 4) is 0 Å². The van der Waals surface area contributed by atoms with E-state index in [0.29, 0.717) is 22.8 Å². The predicted octanol–water partition coefficient (Wildman–Crippen LogP) is 5.27. The number of likely N-dealkylation sites (tertiary alicyclic amines) is 1. The summed E-state index contributed by atoms with van der Waals surface area (Å²) in [5, 5.41) is 0. The Hall–Kier alpha value is -0.910. The standard InChI is InChI=1S/C25H40N2O2S/c1-20-14-16-22(17-15-20)30(28,29)26-25(21-10-4-2-5-11-21)23-12-6-7-13-24(23)27-18-8-3-9-19-27/h14-17,21,23-26H,2-13,18-19H2,1H3. The maximum absolute atomic E-state index is 13.4. The molecule has 3 fully saturated rings. The largest absolute Gasteiger partial charge is 0.300 e. The third-order valence-corrected chi connectivity index (χ3v) is 9.36. The Morgan fingerprint density at radius 2 is 1.43 bits per heavy atom. The molecule has 1 aromatic rings. The van der Waals surface area contributed by atoms with Crippen molar-refractivity contribution in [1.29, 1.82) is 0 Å². The van der Waals surface area contributed by atoms with Gasteiger partial charge in [0.05, 0.1) is 4.90 Å². The van der Waals surface area contributed by atoms with Crippen LogP contribution in [0.15, 0.2) is 29.2 Å². The van der Waals surface area contributed by atoms with Crippen molar-refractivity contribution in [3.63, 3.8) is 0 Å². The fraction of sp³-hybridized carbons (Fsp3) is 0.760. The van der Waals surface area contributed by atoms with Gasteiger partial charge in [0.25, 0.3) is 0 Å². The van der Waals surface area contributed by atoms with Gasteiger partial charge in [-0.15, -0.1) is 0 Å². The molecule has 0 radical (unpaired) electrons. The highest BCUT2D eigenvalue weighted by Crippen LogP contribution is 2.39. The van der Waals surface area contributed by atoms with Crippen LogP contribution in [0.1, 0.15) is 82.6 Å². The van der Waals surface area contributed by atoms with Crippen molar-refractivity contribution in [2.75, 3.05) is 13.1 Å². The van der Waals surface area contributed by atoms with E-state index in [1.54, 1.807) is 12.1 Å². The van der Waals surface area contributed by atoms with Crippen LogP contribution in [0.2, 0.25) is 0 Å². The molecule has 4 nitrogen and oxygen atoms in total. The number of hydrogen-bond donors (Lipinski definition) is 1. The lowest BCUT2D eigenvalue weighted by atomic mass is 9.71. The van der Waals surface area contributed by atoms with E-state index in [2.05, 4.69) is 9.62 Å². The maximum atomic E-state index is 13.4. The Morgan fingerprint density at radius 3 is 2.13 bits per heavy atom. The normalized spacial score (nSPS) is 28.3. The number of sulfonamides is 1. The van der Waals surface area contributed by atoms with Crippen molar-refractivity contribution in [2.45, 2.75) is 101 Å². The zero-order valence-electron chi connectivity index (χ0n) is 18.7. The van der Waals surface area contributed by atoms with Gasteiger partial charge >= 0.3 is 0 Å². The Balaban J connectivity index is 1.60. The maximum Gasteiger partial charge on any atom is 0.240 e. The molecule has 1 N–H and O–H groups in total. The number of piperidine rings is 1. The summed E-state index contributed by atoms with van der Waals surface area (Å²) in [4.78, 5) is 3.13. The summed E-state index contributed by atoms with van der Waals surface area (Å²) in [6.07, 6.45) is 15.0. The smallest absolute Gasteiger partial charge is 0.240 e. The third-order valence-electron chi connectivity index (χ3n) is 7.88. The molecule has 0 amide bonds. The van der Waals surface area contributed by atoms with E-state index in [1.165, 1.54) is 90.1 Å². The van der Waals surface area contributed by atoms with Gasteiger partial charge < -0.3 is 4.90 Å². The first-order valence-electron chi connectivity index (χ1n) is 12.4. The third kappa shape index (κ3) is 5.28. The Kier molecular flexibility index (Phi) is 7.53. The van der Waals surface area contributed by atoms with E-state index in [0.717, 1.165) is 5.56 Å². The lowest BCUT2D eigenvalue weighted by molar-refractivity contribution is 0.0522. The molecule has 2 aliphatic carbocycles. The van der Waals surface area contributed by atoms with Crippen LogP contribution < -0.4 is 4.72 Å². The van der Waals surface area contributed by atoms with Crippen LogP contribution in [0.25, 0.3) is 0 Å². The van der Waals surface area contributed by atoms with Crippen LogP contribution in [0.5, 0.6) is 0 Å². The van der Waals surface area contributed by atoms with Gasteiger partial charge in [0.1, 0.15) is 0 Å². The second-order valence-corrected chi connectivity index (χ2v) is 11.7. The van der Waals surface area contributed by atoms with Gasteiger partial charge in [0.2, 0.25) is 10.0 Å². The second-order valence-electron chi connectivity index (χ2n) is 9.97. The number of hydrogen-bond acceptors (Lipinski definition) is 3. The first kappa shape index (κ1) is 22.3. The van der Waals surface area contributed by atoms with Gasteiger partial charge in [-0.25, -0.2) is 13.1 Å². The highest BCUT2D eigenvalue weighted by atomic mass is 32.2. The lowest BCUT2D eigenvalue weighted by Crippen LogP contribution is -2.55. The van der Waals surface area contributed by atoms with Gasteiger partial charge in [0, 0.05) is 12.1 Å². The molecule has 0 bridgehead atoms. The fourth-order valence-electron chi connectivity index (χ4n) is 6.25. The number of aryl methyl sites for hydroxylation is 1. The van der Waals surface area contributed by atoms with Crippen LogP contribution in [-0.4, -0.2) is 38.5 Å². The topological polar surface area (TPSA) is 49.4 Å².